The zero-order chi connectivity index (χ0) is 18.8. The van der Waals surface area contributed by atoms with Crippen LogP contribution in [0, 0.1) is 23.6 Å². The number of hydrogen-bond donors (Lipinski definition) is 2. The lowest BCUT2D eigenvalue weighted by atomic mass is 9.65. The van der Waals surface area contributed by atoms with Gasteiger partial charge >= 0.3 is 0 Å². The van der Waals surface area contributed by atoms with Crippen molar-refractivity contribution in [2.75, 3.05) is 14.2 Å². The average Bonchev–Trinajstić information content (AvgIpc) is 2.60. The van der Waals surface area contributed by atoms with Crippen molar-refractivity contribution in [1.29, 1.82) is 0 Å². The lowest BCUT2D eigenvalue weighted by molar-refractivity contribution is -0.128. The Labute approximate surface area is 166 Å². The number of hydrogen-bond acceptors (Lipinski definition) is 4. The molecule has 152 valence electrons. The Morgan fingerprint density at radius 2 is 1.74 bits per heavy atom. The fourth-order valence-electron chi connectivity index (χ4n) is 4.61. The largest absolute Gasteiger partial charge is 0.493 e. The van der Waals surface area contributed by atoms with Gasteiger partial charge in [0.25, 0.3) is 0 Å². The Morgan fingerprint density at radius 3 is 2.30 bits per heavy atom. The van der Waals surface area contributed by atoms with E-state index in [0.717, 1.165) is 25.7 Å². The molecule has 0 spiro atoms. The maximum absolute atomic E-state index is 14.4. The Balaban J connectivity index is 0.00000261. The van der Waals surface area contributed by atoms with Gasteiger partial charge in [0.1, 0.15) is 5.82 Å². The van der Waals surface area contributed by atoms with Gasteiger partial charge in [-0.25, -0.2) is 4.39 Å². The molecule has 5 nitrogen and oxygen atoms in total. The molecule has 1 aromatic carbocycles. The molecule has 2 saturated carbocycles. The van der Waals surface area contributed by atoms with Gasteiger partial charge in [-0.15, -0.1) is 12.4 Å². The Kier molecular flexibility index (Phi) is 7.34. The molecular weight excluding hydrogens is 371 g/mol. The number of nitrogens with two attached hydrogens (primary N) is 1. The predicted molar refractivity (Wildman–Crippen MR) is 105 cm³/mol. The summed E-state index contributed by atoms with van der Waals surface area (Å²) in [4.78, 5) is 12.8. The molecule has 2 aliphatic rings. The van der Waals surface area contributed by atoms with Crippen molar-refractivity contribution in [3.63, 3.8) is 0 Å². The second-order valence-electron chi connectivity index (χ2n) is 7.66. The average molecular weight is 401 g/mol. The first kappa shape index (κ1) is 21.8. The van der Waals surface area contributed by atoms with Gasteiger partial charge in [-0.1, -0.05) is 6.42 Å². The number of methoxy groups -OCH3 is 2. The number of rotatable bonds is 5. The van der Waals surface area contributed by atoms with Crippen LogP contribution in [0.4, 0.5) is 4.39 Å². The van der Waals surface area contributed by atoms with E-state index in [4.69, 9.17) is 15.2 Å². The van der Waals surface area contributed by atoms with Gasteiger partial charge in [-0.05, 0) is 50.5 Å². The summed E-state index contributed by atoms with van der Waals surface area (Å²) < 4.78 is 24.8. The maximum atomic E-state index is 14.4. The first-order valence-electron chi connectivity index (χ1n) is 9.42. The molecule has 3 rings (SSSR count). The summed E-state index contributed by atoms with van der Waals surface area (Å²) in [6.07, 6.45) is 5.11. The highest BCUT2D eigenvalue weighted by molar-refractivity contribution is 5.85. The minimum Gasteiger partial charge on any atom is -0.493 e. The Morgan fingerprint density at radius 1 is 1.19 bits per heavy atom. The van der Waals surface area contributed by atoms with E-state index in [1.807, 2.05) is 0 Å². The molecular formula is C20H30ClFN2O3. The molecule has 0 radical (unpaired) electrons. The van der Waals surface area contributed by atoms with Gasteiger partial charge in [-0.2, -0.15) is 0 Å². The quantitative estimate of drug-likeness (QED) is 0.792. The van der Waals surface area contributed by atoms with Crippen molar-refractivity contribution < 1.29 is 18.7 Å². The van der Waals surface area contributed by atoms with Gasteiger partial charge in [-0.3, -0.25) is 4.79 Å². The fraction of sp³-hybridized carbons (Fsp3) is 0.650. The fourth-order valence-corrected chi connectivity index (χ4v) is 4.61. The lowest BCUT2D eigenvalue weighted by Gasteiger charge is -2.43. The second kappa shape index (κ2) is 9.11. The van der Waals surface area contributed by atoms with Crippen molar-refractivity contribution in [2.45, 2.75) is 51.1 Å². The first-order chi connectivity index (χ1) is 12.4. The molecule has 0 heterocycles. The molecule has 2 bridgehead atoms. The van der Waals surface area contributed by atoms with Crippen LogP contribution in [0.1, 0.15) is 50.6 Å². The molecule has 3 atom stereocenters. The van der Waals surface area contributed by atoms with E-state index in [0.29, 0.717) is 28.9 Å². The SMILES string of the molecule is COc1cc(F)c(C(C)NC(=O)C2CC3CCCC(C2)C3N)cc1OC.Cl. The maximum Gasteiger partial charge on any atom is 0.223 e. The highest BCUT2D eigenvalue weighted by Crippen LogP contribution is 2.42. The van der Waals surface area contributed by atoms with Crippen LogP contribution >= 0.6 is 12.4 Å². The lowest BCUT2D eigenvalue weighted by Crippen LogP contribution is -2.49. The minimum absolute atomic E-state index is 0. The molecule has 7 heteroatoms. The number of fused-ring (bicyclic) bond motifs is 2. The van der Waals surface area contributed by atoms with Crippen LogP contribution in [-0.4, -0.2) is 26.2 Å². The van der Waals surface area contributed by atoms with Crippen molar-refractivity contribution >= 4 is 18.3 Å². The summed E-state index contributed by atoms with van der Waals surface area (Å²) in [7, 11) is 2.97. The molecule has 2 aliphatic carbocycles. The summed E-state index contributed by atoms with van der Waals surface area (Å²) in [5, 5.41) is 2.98. The number of carbonyl (C=O) groups excluding carboxylic acids is 1. The van der Waals surface area contributed by atoms with Crippen LogP contribution in [0.2, 0.25) is 0 Å². The molecule has 27 heavy (non-hydrogen) atoms. The summed E-state index contributed by atoms with van der Waals surface area (Å²) in [5.74, 6) is 1.20. The van der Waals surface area contributed by atoms with Crippen molar-refractivity contribution in [2.24, 2.45) is 23.5 Å². The van der Waals surface area contributed by atoms with E-state index >= 15 is 0 Å². The van der Waals surface area contributed by atoms with Crippen LogP contribution in [0.3, 0.4) is 0 Å². The van der Waals surface area contributed by atoms with E-state index in [1.165, 1.54) is 26.7 Å². The zero-order valence-corrected chi connectivity index (χ0v) is 17.0. The van der Waals surface area contributed by atoms with Crippen molar-refractivity contribution in [1.82, 2.24) is 5.32 Å². The van der Waals surface area contributed by atoms with E-state index in [1.54, 1.807) is 13.0 Å². The molecule has 0 aliphatic heterocycles. The Hall–Kier alpha value is -1.53. The topological polar surface area (TPSA) is 73.6 Å². The number of carbonyl (C=O) groups is 1. The van der Waals surface area contributed by atoms with Gasteiger partial charge in [0.05, 0.1) is 20.3 Å². The van der Waals surface area contributed by atoms with Gasteiger partial charge in [0.15, 0.2) is 11.5 Å². The standard InChI is InChI=1S/C20H29FN2O3.ClH/c1-11(15-9-17(25-2)18(26-3)10-16(15)21)23-20(24)14-7-12-5-4-6-13(8-14)19(12)22;/h9-14,19H,4-8,22H2,1-3H3,(H,23,24);1H. The van der Waals surface area contributed by atoms with E-state index < -0.39 is 11.9 Å². The summed E-state index contributed by atoms with van der Waals surface area (Å²) in [6, 6.07) is 2.66. The molecule has 0 saturated heterocycles. The third-order valence-electron chi connectivity index (χ3n) is 6.11. The summed E-state index contributed by atoms with van der Waals surface area (Å²) in [5.41, 5.74) is 6.70. The second-order valence-corrected chi connectivity index (χ2v) is 7.66. The smallest absolute Gasteiger partial charge is 0.223 e. The van der Waals surface area contributed by atoms with Crippen LogP contribution in [-0.2, 0) is 4.79 Å². The van der Waals surface area contributed by atoms with Gasteiger partial charge in [0.2, 0.25) is 5.91 Å². The van der Waals surface area contributed by atoms with Gasteiger partial charge in [0, 0.05) is 23.6 Å². The summed E-state index contributed by atoms with van der Waals surface area (Å²) in [6.45, 7) is 1.79. The van der Waals surface area contributed by atoms with Crippen LogP contribution < -0.4 is 20.5 Å². The number of benzene rings is 1. The third kappa shape index (κ3) is 4.49. The molecule has 3 N–H and O–H groups in total. The minimum atomic E-state index is -0.447. The van der Waals surface area contributed by atoms with Crippen molar-refractivity contribution in [3.8, 4) is 11.5 Å². The number of nitrogens with one attached hydrogen (secondary N) is 1. The van der Waals surface area contributed by atoms with E-state index in [2.05, 4.69) is 5.32 Å². The molecule has 1 amide bonds. The normalized spacial score (nSPS) is 27.9. The summed E-state index contributed by atoms with van der Waals surface area (Å²) >= 11 is 0. The van der Waals surface area contributed by atoms with Crippen molar-refractivity contribution in [3.05, 3.63) is 23.5 Å². The molecule has 1 aromatic rings. The van der Waals surface area contributed by atoms with Gasteiger partial charge < -0.3 is 20.5 Å². The van der Waals surface area contributed by atoms with E-state index in [9.17, 15) is 9.18 Å². The molecule has 3 unspecified atom stereocenters. The molecule has 2 fully saturated rings. The number of halogens is 2. The third-order valence-corrected chi connectivity index (χ3v) is 6.11. The van der Waals surface area contributed by atoms with Crippen LogP contribution in [0.5, 0.6) is 11.5 Å². The van der Waals surface area contributed by atoms with Crippen LogP contribution in [0.25, 0.3) is 0 Å². The highest BCUT2D eigenvalue weighted by Gasteiger charge is 2.40. The van der Waals surface area contributed by atoms with Crippen LogP contribution in [0.15, 0.2) is 12.1 Å². The highest BCUT2D eigenvalue weighted by atomic mass is 35.5. The monoisotopic (exact) mass is 400 g/mol. The first-order valence-corrected chi connectivity index (χ1v) is 9.42. The van der Waals surface area contributed by atoms with E-state index in [-0.39, 0.29) is 30.3 Å². The predicted octanol–water partition coefficient (Wildman–Crippen LogP) is 3.60. The number of amides is 1. The Bertz CT molecular complexity index is 659. The zero-order valence-electron chi connectivity index (χ0n) is 16.2. The molecule has 0 aromatic heterocycles. The number of ether oxygens (including phenoxy) is 2.